The molecule has 0 fully saturated rings. The van der Waals surface area contributed by atoms with E-state index >= 15 is 0 Å². The second kappa shape index (κ2) is 6.25. The predicted molar refractivity (Wildman–Crippen MR) is 98.8 cm³/mol. The van der Waals surface area contributed by atoms with E-state index in [1.54, 1.807) is 43.4 Å². The van der Waals surface area contributed by atoms with Gasteiger partial charge in [-0.25, -0.2) is 13.2 Å². The first-order valence-corrected chi connectivity index (χ1v) is 9.15. The summed E-state index contributed by atoms with van der Waals surface area (Å²) >= 11 is 0. The topological polar surface area (TPSA) is 88.4 Å². The van der Waals surface area contributed by atoms with E-state index in [0.29, 0.717) is 16.7 Å². The van der Waals surface area contributed by atoms with Crippen molar-refractivity contribution in [2.75, 3.05) is 17.1 Å². The Kier molecular flexibility index (Phi) is 4.26. The zero-order valence-electron chi connectivity index (χ0n) is 14.1. The molecule has 130 valence electrons. The van der Waals surface area contributed by atoms with Crippen molar-refractivity contribution in [3.63, 3.8) is 0 Å². The third-order valence-corrected chi connectivity index (χ3v) is 5.44. The molecule has 0 bridgehead atoms. The number of nitrogens with one attached hydrogen (secondary N) is 2. The second-order valence-corrected chi connectivity index (χ2v) is 7.42. The van der Waals surface area contributed by atoms with Gasteiger partial charge in [-0.2, -0.15) is 0 Å². The summed E-state index contributed by atoms with van der Waals surface area (Å²) in [6, 6.07) is 11.7. The average Bonchev–Trinajstić information content (AvgIpc) is 2.57. The van der Waals surface area contributed by atoms with Gasteiger partial charge in [-0.1, -0.05) is 18.2 Å². The van der Waals surface area contributed by atoms with Gasteiger partial charge >= 0.3 is 5.63 Å². The zero-order chi connectivity index (χ0) is 18.2. The summed E-state index contributed by atoms with van der Waals surface area (Å²) in [5.41, 5.74) is 1.70. The van der Waals surface area contributed by atoms with E-state index in [4.69, 9.17) is 4.42 Å². The summed E-state index contributed by atoms with van der Waals surface area (Å²) in [5.74, 6) is 0. The SMILES string of the molecule is CNc1c(NS(=O)(=O)c2ccc(C)c(C)c2)c(=O)oc2ccccc12. The average molecular weight is 358 g/mol. The van der Waals surface area contributed by atoms with E-state index in [1.807, 2.05) is 13.8 Å². The number of hydrogen-bond acceptors (Lipinski definition) is 5. The molecule has 1 heterocycles. The highest BCUT2D eigenvalue weighted by Gasteiger charge is 2.21. The van der Waals surface area contributed by atoms with Crippen LogP contribution in [0.2, 0.25) is 0 Å². The van der Waals surface area contributed by atoms with Gasteiger partial charge in [0.05, 0.1) is 10.6 Å². The number of sulfonamides is 1. The Morgan fingerprint density at radius 1 is 0.960 bits per heavy atom. The molecule has 0 aliphatic rings. The lowest BCUT2D eigenvalue weighted by atomic mass is 10.1. The maximum absolute atomic E-state index is 12.7. The van der Waals surface area contributed by atoms with Gasteiger partial charge in [0.25, 0.3) is 10.0 Å². The fourth-order valence-electron chi connectivity index (χ4n) is 2.58. The summed E-state index contributed by atoms with van der Waals surface area (Å²) in [6.45, 7) is 3.73. The van der Waals surface area contributed by atoms with Crippen LogP contribution < -0.4 is 15.7 Å². The number of para-hydroxylation sites is 1. The highest BCUT2D eigenvalue weighted by molar-refractivity contribution is 7.92. The summed E-state index contributed by atoms with van der Waals surface area (Å²) in [5, 5.41) is 3.50. The Morgan fingerprint density at radius 3 is 2.36 bits per heavy atom. The van der Waals surface area contributed by atoms with E-state index in [0.717, 1.165) is 11.1 Å². The van der Waals surface area contributed by atoms with Crippen LogP contribution in [0.25, 0.3) is 11.0 Å². The Bertz CT molecular complexity index is 1120. The van der Waals surface area contributed by atoms with Crippen molar-refractivity contribution >= 4 is 32.4 Å². The molecular formula is C18H18N2O4S. The van der Waals surface area contributed by atoms with Crippen LogP contribution in [-0.2, 0) is 10.0 Å². The molecule has 0 saturated carbocycles. The molecule has 7 heteroatoms. The highest BCUT2D eigenvalue weighted by Crippen LogP contribution is 2.29. The van der Waals surface area contributed by atoms with Gasteiger partial charge in [0.2, 0.25) is 0 Å². The van der Waals surface area contributed by atoms with E-state index in [1.165, 1.54) is 6.07 Å². The van der Waals surface area contributed by atoms with Crippen molar-refractivity contribution in [1.82, 2.24) is 0 Å². The summed E-state index contributed by atoms with van der Waals surface area (Å²) in [7, 11) is -2.31. The molecule has 0 atom stereocenters. The minimum atomic E-state index is -3.93. The van der Waals surface area contributed by atoms with Crippen LogP contribution in [0.5, 0.6) is 0 Å². The van der Waals surface area contributed by atoms with Crippen LogP contribution in [0.15, 0.2) is 56.6 Å². The first kappa shape index (κ1) is 17.0. The van der Waals surface area contributed by atoms with Crippen LogP contribution in [-0.4, -0.2) is 15.5 Å². The maximum Gasteiger partial charge on any atom is 0.363 e. The minimum Gasteiger partial charge on any atom is -0.421 e. The quantitative estimate of drug-likeness (QED) is 0.699. The van der Waals surface area contributed by atoms with Gasteiger partial charge in [0.15, 0.2) is 5.69 Å². The van der Waals surface area contributed by atoms with Crippen molar-refractivity contribution in [1.29, 1.82) is 0 Å². The lowest BCUT2D eigenvalue weighted by Crippen LogP contribution is -2.20. The van der Waals surface area contributed by atoms with Crippen LogP contribution in [0.4, 0.5) is 11.4 Å². The third-order valence-electron chi connectivity index (χ3n) is 4.09. The van der Waals surface area contributed by atoms with Gasteiger partial charge in [-0.3, -0.25) is 4.72 Å². The van der Waals surface area contributed by atoms with E-state index in [9.17, 15) is 13.2 Å². The van der Waals surface area contributed by atoms with Crippen LogP contribution >= 0.6 is 0 Å². The number of hydrogen-bond donors (Lipinski definition) is 2. The molecule has 25 heavy (non-hydrogen) atoms. The molecule has 0 amide bonds. The second-order valence-electron chi connectivity index (χ2n) is 5.74. The zero-order valence-corrected chi connectivity index (χ0v) is 14.9. The summed E-state index contributed by atoms with van der Waals surface area (Å²) < 4.78 is 33.0. The van der Waals surface area contributed by atoms with Crippen molar-refractivity contribution in [2.24, 2.45) is 0 Å². The van der Waals surface area contributed by atoms with Gasteiger partial charge in [-0.15, -0.1) is 0 Å². The van der Waals surface area contributed by atoms with Gasteiger partial charge in [0, 0.05) is 12.4 Å². The smallest absolute Gasteiger partial charge is 0.363 e. The molecule has 3 aromatic rings. The molecule has 0 spiro atoms. The number of rotatable bonds is 4. The Hall–Kier alpha value is -2.80. The summed E-state index contributed by atoms with van der Waals surface area (Å²) in [4.78, 5) is 12.4. The monoisotopic (exact) mass is 358 g/mol. The fourth-order valence-corrected chi connectivity index (χ4v) is 3.73. The first-order valence-electron chi connectivity index (χ1n) is 7.67. The first-order chi connectivity index (χ1) is 11.8. The molecule has 6 nitrogen and oxygen atoms in total. The standard InChI is InChI=1S/C18H18N2O4S/c1-11-8-9-13(10-12(11)2)25(22,23)20-17-16(19-3)14-6-4-5-7-15(14)24-18(17)21/h4-10,19-20H,1-3H3. The molecule has 0 radical (unpaired) electrons. The van der Waals surface area contributed by atoms with E-state index in [-0.39, 0.29) is 10.6 Å². The Labute approximate surface area is 145 Å². The third kappa shape index (κ3) is 3.10. The van der Waals surface area contributed by atoms with Crippen LogP contribution in [0.1, 0.15) is 11.1 Å². The molecule has 2 aromatic carbocycles. The minimum absolute atomic E-state index is 0.0882. The highest BCUT2D eigenvalue weighted by atomic mass is 32.2. The number of aryl methyl sites for hydroxylation is 2. The van der Waals surface area contributed by atoms with Crippen LogP contribution in [0.3, 0.4) is 0 Å². The molecular weight excluding hydrogens is 340 g/mol. The predicted octanol–water partition coefficient (Wildman–Crippen LogP) is 3.25. The summed E-state index contributed by atoms with van der Waals surface area (Å²) in [6.07, 6.45) is 0. The van der Waals surface area contributed by atoms with E-state index in [2.05, 4.69) is 10.0 Å². The van der Waals surface area contributed by atoms with Crippen molar-refractivity contribution in [3.8, 4) is 0 Å². The number of anilines is 2. The molecule has 0 unspecified atom stereocenters. The maximum atomic E-state index is 12.7. The normalized spacial score (nSPS) is 11.5. The van der Waals surface area contributed by atoms with E-state index < -0.39 is 15.6 Å². The number of benzene rings is 2. The molecule has 1 aromatic heterocycles. The Morgan fingerprint density at radius 2 is 1.68 bits per heavy atom. The van der Waals surface area contributed by atoms with Crippen molar-refractivity contribution < 1.29 is 12.8 Å². The molecule has 2 N–H and O–H groups in total. The van der Waals surface area contributed by atoms with Gasteiger partial charge in [-0.05, 0) is 49.2 Å². The van der Waals surface area contributed by atoms with Crippen LogP contribution in [0, 0.1) is 13.8 Å². The van der Waals surface area contributed by atoms with Crippen molar-refractivity contribution in [2.45, 2.75) is 18.7 Å². The molecule has 0 aliphatic carbocycles. The molecule has 3 rings (SSSR count). The lowest BCUT2D eigenvalue weighted by molar-refractivity contribution is 0.563. The number of fused-ring (bicyclic) bond motifs is 1. The Balaban J connectivity index is 2.15. The molecule has 0 saturated heterocycles. The lowest BCUT2D eigenvalue weighted by Gasteiger charge is -2.13. The van der Waals surface area contributed by atoms with Gasteiger partial charge in [0.1, 0.15) is 5.58 Å². The van der Waals surface area contributed by atoms with Crippen molar-refractivity contribution in [3.05, 3.63) is 64.0 Å². The van der Waals surface area contributed by atoms with Gasteiger partial charge < -0.3 is 9.73 Å². The fraction of sp³-hybridized carbons (Fsp3) is 0.167. The largest absolute Gasteiger partial charge is 0.421 e. The molecule has 0 aliphatic heterocycles.